The Labute approximate surface area is 130 Å². The topological polar surface area (TPSA) is 46.9 Å². The number of piperidine rings is 2. The first-order valence-electron chi connectivity index (χ1n) is 8.92. The van der Waals surface area contributed by atoms with Crippen molar-refractivity contribution in [3.8, 4) is 0 Å². The molecular weight excluding hydrogens is 264 g/mol. The molecule has 3 atom stereocenters. The highest BCUT2D eigenvalue weighted by Crippen LogP contribution is 2.22. The highest BCUT2D eigenvalue weighted by molar-refractivity contribution is 4.84. The van der Waals surface area contributed by atoms with E-state index in [2.05, 4.69) is 16.7 Å². The van der Waals surface area contributed by atoms with Crippen LogP contribution in [0.5, 0.6) is 0 Å². The van der Waals surface area contributed by atoms with Gasteiger partial charge in [0.2, 0.25) is 0 Å². The zero-order valence-corrected chi connectivity index (χ0v) is 13.9. The fourth-order valence-electron chi connectivity index (χ4n) is 3.82. The lowest BCUT2D eigenvalue weighted by Crippen LogP contribution is -2.51. The summed E-state index contributed by atoms with van der Waals surface area (Å²) in [6, 6.07) is 0.250. The molecule has 124 valence electrons. The van der Waals surface area contributed by atoms with Crippen LogP contribution in [-0.4, -0.2) is 71.0 Å². The molecule has 21 heavy (non-hydrogen) atoms. The number of likely N-dealkylation sites (tertiary alicyclic amines) is 2. The van der Waals surface area contributed by atoms with Gasteiger partial charge in [0, 0.05) is 19.1 Å². The van der Waals surface area contributed by atoms with Crippen LogP contribution in [0.25, 0.3) is 0 Å². The summed E-state index contributed by atoms with van der Waals surface area (Å²) in [5.74, 6) is 0.838. The molecular formula is C17H34N2O2. The number of aliphatic hydroxyl groups excluding tert-OH is 2. The fourth-order valence-corrected chi connectivity index (χ4v) is 3.82. The Morgan fingerprint density at radius 3 is 2.38 bits per heavy atom. The highest BCUT2D eigenvalue weighted by atomic mass is 16.3. The highest BCUT2D eigenvalue weighted by Gasteiger charge is 2.29. The van der Waals surface area contributed by atoms with E-state index in [1.807, 2.05) is 6.92 Å². The predicted octanol–water partition coefficient (Wildman–Crippen LogP) is 1.70. The van der Waals surface area contributed by atoms with Gasteiger partial charge in [-0.05, 0) is 57.7 Å². The lowest BCUT2D eigenvalue weighted by atomic mass is 9.95. The number of hydrogen-bond acceptors (Lipinski definition) is 4. The second kappa shape index (κ2) is 8.47. The maximum atomic E-state index is 10.4. The molecule has 2 heterocycles. The van der Waals surface area contributed by atoms with Crippen LogP contribution >= 0.6 is 0 Å². The van der Waals surface area contributed by atoms with E-state index in [9.17, 15) is 10.2 Å². The van der Waals surface area contributed by atoms with Crippen LogP contribution < -0.4 is 0 Å². The van der Waals surface area contributed by atoms with Gasteiger partial charge in [-0.2, -0.15) is 0 Å². The van der Waals surface area contributed by atoms with Crippen molar-refractivity contribution in [2.24, 2.45) is 5.92 Å². The van der Waals surface area contributed by atoms with Crippen LogP contribution in [0.2, 0.25) is 0 Å². The van der Waals surface area contributed by atoms with Gasteiger partial charge in [-0.15, -0.1) is 0 Å². The van der Waals surface area contributed by atoms with E-state index in [0.29, 0.717) is 6.54 Å². The third kappa shape index (κ3) is 5.20. The summed E-state index contributed by atoms with van der Waals surface area (Å²) in [6.07, 6.45) is 6.27. The normalized spacial score (nSPS) is 29.4. The van der Waals surface area contributed by atoms with E-state index < -0.39 is 0 Å². The van der Waals surface area contributed by atoms with Crippen molar-refractivity contribution in [2.45, 2.75) is 70.6 Å². The Kier molecular flexibility index (Phi) is 6.93. The standard InChI is InChI=1S/C17H34N2O2/c1-3-17(21)16-6-4-5-9-19(16)13-15(20)12-18-10-7-14(2)8-11-18/h14-17,20-21H,3-13H2,1-2H3/t15-,16+,17+/m0/s1. The third-order valence-electron chi connectivity index (χ3n) is 5.32. The molecule has 2 saturated heterocycles. The molecule has 0 aromatic carbocycles. The van der Waals surface area contributed by atoms with Gasteiger partial charge < -0.3 is 15.1 Å². The minimum absolute atomic E-state index is 0.242. The summed E-state index contributed by atoms with van der Waals surface area (Å²) in [7, 11) is 0. The molecule has 0 amide bonds. The molecule has 2 aliphatic rings. The third-order valence-corrected chi connectivity index (χ3v) is 5.32. The summed E-state index contributed by atoms with van der Waals surface area (Å²) < 4.78 is 0. The second-order valence-electron chi connectivity index (χ2n) is 7.17. The smallest absolute Gasteiger partial charge is 0.0793 e. The quantitative estimate of drug-likeness (QED) is 0.783. The summed E-state index contributed by atoms with van der Waals surface area (Å²) in [4.78, 5) is 4.73. The van der Waals surface area contributed by atoms with Crippen LogP contribution in [0.3, 0.4) is 0 Å². The SMILES string of the molecule is CC[C@@H](O)[C@H]1CCCCN1C[C@@H](O)CN1CCC(C)CC1. The maximum Gasteiger partial charge on any atom is 0.0793 e. The molecule has 2 N–H and O–H groups in total. The van der Waals surface area contributed by atoms with Crippen molar-refractivity contribution in [3.05, 3.63) is 0 Å². The second-order valence-corrected chi connectivity index (χ2v) is 7.17. The van der Waals surface area contributed by atoms with Gasteiger partial charge in [-0.1, -0.05) is 20.3 Å². The molecule has 4 heteroatoms. The van der Waals surface area contributed by atoms with Crippen LogP contribution in [0, 0.1) is 5.92 Å². The zero-order valence-electron chi connectivity index (χ0n) is 13.9. The van der Waals surface area contributed by atoms with E-state index in [0.717, 1.165) is 44.9 Å². The first-order chi connectivity index (χ1) is 10.1. The van der Waals surface area contributed by atoms with Crippen molar-refractivity contribution < 1.29 is 10.2 Å². The van der Waals surface area contributed by atoms with Crippen molar-refractivity contribution >= 4 is 0 Å². The van der Waals surface area contributed by atoms with E-state index in [1.54, 1.807) is 0 Å². The lowest BCUT2D eigenvalue weighted by molar-refractivity contribution is -0.00988. The molecule has 0 aromatic rings. The molecule has 2 fully saturated rings. The van der Waals surface area contributed by atoms with Gasteiger partial charge in [0.25, 0.3) is 0 Å². The number of β-amino-alcohol motifs (C(OH)–C–C–N with tert-alkyl or cyclic N) is 1. The molecule has 0 spiro atoms. The number of aliphatic hydroxyl groups is 2. The fraction of sp³-hybridized carbons (Fsp3) is 1.00. The summed E-state index contributed by atoms with van der Waals surface area (Å²) in [5, 5.41) is 20.6. The number of rotatable bonds is 6. The van der Waals surface area contributed by atoms with Gasteiger partial charge in [0.1, 0.15) is 0 Å². The monoisotopic (exact) mass is 298 g/mol. The van der Waals surface area contributed by atoms with Gasteiger partial charge >= 0.3 is 0 Å². The predicted molar refractivity (Wildman–Crippen MR) is 86.4 cm³/mol. The summed E-state index contributed by atoms with van der Waals surface area (Å²) in [5.41, 5.74) is 0. The molecule has 4 nitrogen and oxygen atoms in total. The largest absolute Gasteiger partial charge is 0.392 e. The minimum Gasteiger partial charge on any atom is -0.392 e. The Morgan fingerprint density at radius 1 is 1.00 bits per heavy atom. The molecule has 0 radical (unpaired) electrons. The number of hydrogen-bond donors (Lipinski definition) is 2. The van der Waals surface area contributed by atoms with E-state index in [4.69, 9.17) is 0 Å². The van der Waals surface area contributed by atoms with Crippen molar-refractivity contribution in [3.63, 3.8) is 0 Å². The van der Waals surface area contributed by atoms with Gasteiger partial charge in [0.05, 0.1) is 12.2 Å². The first-order valence-corrected chi connectivity index (χ1v) is 8.92. The van der Waals surface area contributed by atoms with Crippen molar-refractivity contribution in [2.75, 3.05) is 32.7 Å². The molecule has 0 unspecified atom stereocenters. The minimum atomic E-state index is -0.289. The molecule has 0 aliphatic carbocycles. The van der Waals surface area contributed by atoms with Crippen LogP contribution in [0.4, 0.5) is 0 Å². The Morgan fingerprint density at radius 2 is 1.71 bits per heavy atom. The average Bonchev–Trinajstić information content (AvgIpc) is 2.49. The summed E-state index contributed by atoms with van der Waals surface area (Å²) in [6.45, 7) is 9.14. The molecule has 2 aliphatic heterocycles. The van der Waals surface area contributed by atoms with Crippen molar-refractivity contribution in [1.29, 1.82) is 0 Å². The molecule has 2 rings (SSSR count). The lowest BCUT2D eigenvalue weighted by Gasteiger charge is -2.40. The van der Waals surface area contributed by atoms with Crippen LogP contribution in [0.1, 0.15) is 52.4 Å². The Hall–Kier alpha value is -0.160. The Balaban J connectivity index is 1.78. The van der Waals surface area contributed by atoms with Crippen LogP contribution in [0.15, 0.2) is 0 Å². The first kappa shape index (κ1) is 17.2. The average molecular weight is 298 g/mol. The molecule has 0 bridgehead atoms. The summed E-state index contributed by atoms with van der Waals surface area (Å²) >= 11 is 0. The maximum absolute atomic E-state index is 10.4. The van der Waals surface area contributed by atoms with Gasteiger partial charge in [-0.3, -0.25) is 4.90 Å². The van der Waals surface area contributed by atoms with E-state index in [-0.39, 0.29) is 18.2 Å². The Bertz CT molecular complexity index is 293. The van der Waals surface area contributed by atoms with Gasteiger partial charge in [-0.25, -0.2) is 0 Å². The van der Waals surface area contributed by atoms with Gasteiger partial charge in [0.15, 0.2) is 0 Å². The van der Waals surface area contributed by atoms with Crippen LogP contribution in [-0.2, 0) is 0 Å². The number of nitrogens with zero attached hydrogens (tertiary/aromatic N) is 2. The molecule has 0 aromatic heterocycles. The van der Waals surface area contributed by atoms with E-state index >= 15 is 0 Å². The molecule has 0 saturated carbocycles. The van der Waals surface area contributed by atoms with Crippen molar-refractivity contribution in [1.82, 2.24) is 9.80 Å². The zero-order chi connectivity index (χ0) is 15.2. The van der Waals surface area contributed by atoms with E-state index in [1.165, 1.54) is 25.7 Å².